The molecule has 1 aromatic rings. The van der Waals surface area contributed by atoms with Crippen molar-refractivity contribution in [2.45, 2.75) is 52.5 Å². The molecule has 2 heteroatoms. The van der Waals surface area contributed by atoms with E-state index in [9.17, 15) is 0 Å². The molecule has 18 heavy (non-hydrogen) atoms. The van der Waals surface area contributed by atoms with Gasteiger partial charge in [-0.1, -0.05) is 19.9 Å². The van der Waals surface area contributed by atoms with E-state index in [0.717, 1.165) is 11.3 Å². The maximum Gasteiger partial charge on any atom is 0.0386 e. The van der Waals surface area contributed by atoms with Gasteiger partial charge in [0.1, 0.15) is 0 Å². The molecule has 100 valence electrons. The van der Waals surface area contributed by atoms with Crippen molar-refractivity contribution in [1.29, 1.82) is 0 Å². The van der Waals surface area contributed by atoms with Crippen molar-refractivity contribution in [3.05, 3.63) is 23.8 Å². The molecule has 0 radical (unpaired) electrons. The molecule has 0 atom stereocenters. The highest BCUT2D eigenvalue weighted by Gasteiger charge is 2.28. The zero-order valence-electron chi connectivity index (χ0n) is 12.2. The van der Waals surface area contributed by atoms with Gasteiger partial charge in [0.05, 0.1) is 0 Å². The van der Waals surface area contributed by atoms with Gasteiger partial charge in [-0.25, -0.2) is 0 Å². The maximum atomic E-state index is 6.00. The average molecular weight is 246 g/mol. The minimum atomic E-state index is 0.531. The summed E-state index contributed by atoms with van der Waals surface area (Å²) in [6.07, 6.45) is 5.22. The van der Waals surface area contributed by atoms with Crippen LogP contribution in [0.5, 0.6) is 0 Å². The average Bonchev–Trinajstić information content (AvgIpc) is 2.32. The highest BCUT2D eigenvalue weighted by Crippen LogP contribution is 2.37. The van der Waals surface area contributed by atoms with Gasteiger partial charge in [0.25, 0.3) is 0 Å². The monoisotopic (exact) mass is 246 g/mol. The first-order valence-corrected chi connectivity index (χ1v) is 6.98. The van der Waals surface area contributed by atoms with Gasteiger partial charge in [-0.15, -0.1) is 0 Å². The third-order valence-electron chi connectivity index (χ3n) is 4.53. The Hall–Kier alpha value is -1.18. The largest absolute Gasteiger partial charge is 0.398 e. The molecule has 0 unspecified atom stereocenters. The zero-order valence-corrected chi connectivity index (χ0v) is 12.2. The lowest BCUT2D eigenvalue weighted by Gasteiger charge is -2.39. The Balaban J connectivity index is 2.07. The lowest BCUT2D eigenvalue weighted by atomic mass is 9.75. The molecule has 0 aromatic heterocycles. The van der Waals surface area contributed by atoms with Gasteiger partial charge < -0.3 is 10.6 Å². The predicted molar refractivity (Wildman–Crippen MR) is 80.0 cm³/mol. The molecule has 0 spiro atoms. The summed E-state index contributed by atoms with van der Waals surface area (Å²) in [4.78, 5) is 2.41. The number of nitrogens with two attached hydrogens (primary N) is 1. The van der Waals surface area contributed by atoms with E-state index in [1.165, 1.54) is 31.4 Å². The number of hydrogen-bond acceptors (Lipinski definition) is 2. The Morgan fingerprint density at radius 3 is 2.39 bits per heavy atom. The fraction of sp³-hybridized carbons (Fsp3) is 0.625. The van der Waals surface area contributed by atoms with Crippen LogP contribution < -0.4 is 10.6 Å². The molecule has 1 aliphatic rings. The molecular weight excluding hydrogens is 220 g/mol. The second kappa shape index (κ2) is 4.83. The molecule has 0 saturated heterocycles. The molecule has 2 nitrogen and oxygen atoms in total. The van der Waals surface area contributed by atoms with Crippen LogP contribution in [0, 0.1) is 12.3 Å². The van der Waals surface area contributed by atoms with E-state index in [2.05, 4.69) is 50.9 Å². The molecule has 1 aromatic carbocycles. The van der Waals surface area contributed by atoms with Crippen molar-refractivity contribution in [3.8, 4) is 0 Å². The Morgan fingerprint density at radius 2 is 1.83 bits per heavy atom. The van der Waals surface area contributed by atoms with Gasteiger partial charge in [0.15, 0.2) is 0 Å². The second-order valence-electron chi connectivity index (χ2n) is 6.55. The smallest absolute Gasteiger partial charge is 0.0386 e. The minimum Gasteiger partial charge on any atom is -0.398 e. The highest BCUT2D eigenvalue weighted by molar-refractivity contribution is 5.59. The summed E-state index contributed by atoms with van der Waals surface area (Å²) in [6.45, 7) is 6.82. The van der Waals surface area contributed by atoms with Crippen molar-refractivity contribution < 1.29 is 0 Å². The summed E-state index contributed by atoms with van der Waals surface area (Å²) in [6, 6.07) is 7.08. The number of hydrogen-bond donors (Lipinski definition) is 1. The van der Waals surface area contributed by atoms with Crippen molar-refractivity contribution in [3.63, 3.8) is 0 Å². The van der Waals surface area contributed by atoms with E-state index in [1.54, 1.807) is 0 Å². The van der Waals surface area contributed by atoms with Crippen LogP contribution in [0.3, 0.4) is 0 Å². The molecule has 1 fully saturated rings. The van der Waals surface area contributed by atoms with Crippen LogP contribution in [0.4, 0.5) is 11.4 Å². The van der Waals surface area contributed by atoms with E-state index in [0.29, 0.717) is 11.5 Å². The fourth-order valence-corrected chi connectivity index (χ4v) is 2.83. The Labute approximate surface area is 111 Å². The van der Waals surface area contributed by atoms with Gasteiger partial charge in [0.2, 0.25) is 0 Å². The van der Waals surface area contributed by atoms with Crippen LogP contribution in [0.25, 0.3) is 0 Å². The number of aryl methyl sites for hydroxylation is 1. The van der Waals surface area contributed by atoms with Crippen LogP contribution in [-0.2, 0) is 0 Å². The van der Waals surface area contributed by atoms with Crippen LogP contribution in [0.1, 0.15) is 45.1 Å². The first-order chi connectivity index (χ1) is 8.39. The van der Waals surface area contributed by atoms with Crippen molar-refractivity contribution >= 4 is 11.4 Å². The van der Waals surface area contributed by atoms with E-state index in [1.807, 2.05) is 0 Å². The molecule has 1 saturated carbocycles. The molecule has 0 amide bonds. The number of nitrogens with zero attached hydrogens (tertiary/aromatic N) is 1. The summed E-state index contributed by atoms with van der Waals surface area (Å²) >= 11 is 0. The molecule has 2 N–H and O–H groups in total. The third-order valence-corrected chi connectivity index (χ3v) is 4.53. The predicted octanol–water partition coefficient (Wildman–Crippen LogP) is 3.98. The molecule has 0 heterocycles. The zero-order chi connectivity index (χ0) is 13.3. The van der Waals surface area contributed by atoms with Gasteiger partial charge in [-0.2, -0.15) is 0 Å². The summed E-state index contributed by atoms with van der Waals surface area (Å²) < 4.78 is 0. The minimum absolute atomic E-state index is 0.531. The number of anilines is 2. The van der Waals surface area contributed by atoms with Gasteiger partial charge >= 0.3 is 0 Å². The maximum absolute atomic E-state index is 6.00. The molecule has 0 aliphatic heterocycles. The lowest BCUT2D eigenvalue weighted by molar-refractivity contribution is 0.222. The molecular formula is C16H26N2. The number of nitrogen functional groups attached to an aromatic ring is 1. The molecule has 0 bridgehead atoms. The van der Waals surface area contributed by atoms with Gasteiger partial charge in [-0.05, 0) is 55.7 Å². The summed E-state index contributed by atoms with van der Waals surface area (Å²) in [7, 11) is 2.20. The Morgan fingerprint density at radius 1 is 1.22 bits per heavy atom. The highest BCUT2D eigenvalue weighted by atomic mass is 15.1. The van der Waals surface area contributed by atoms with E-state index in [-0.39, 0.29) is 0 Å². The van der Waals surface area contributed by atoms with Crippen molar-refractivity contribution in [2.75, 3.05) is 17.7 Å². The first kappa shape index (κ1) is 13.3. The van der Waals surface area contributed by atoms with Gasteiger partial charge in [0, 0.05) is 24.5 Å². The van der Waals surface area contributed by atoms with E-state index < -0.39 is 0 Å². The summed E-state index contributed by atoms with van der Waals surface area (Å²) in [5.41, 5.74) is 9.85. The Kier molecular flexibility index (Phi) is 3.56. The quantitative estimate of drug-likeness (QED) is 0.800. The number of benzene rings is 1. The normalized spacial score (nSPS) is 19.8. The van der Waals surface area contributed by atoms with Crippen molar-refractivity contribution in [1.82, 2.24) is 0 Å². The SMILES string of the molecule is Cc1ccc(N(C)C2CCC(C)(C)CC2)cc1N. The summed E-state index contributed by atoms with van der Waals surface area (Å²) in [5, 5.41) is 0. The van der Waals surface area contributed by atoms with Gasteiger partial charge in [-0.3, -0.25) is 0 Å². The van der Waals surface area contributed by atoms with Crippen LogP contribution in [0.15, 0.2) is 18.2 Å². The molecule has 2 rings (SSSR count). The van der Waals surface area contributed by atoms with Crippen LogP contribution in [0.2, 0.25) is 0 Å². The van der Waals surface area contributed by atoms with Crippen molar-refractivity contribution in [2.24, 2.45) is 5.41 Å². The van der Waals surface area contributed by atoms with E-state index in [4.69, 9.17) is 5.73 Å². The standard InChI is InChI=1S/C16H26N2/c1-12-5-6-14(11-15(12)17)18(4)13-7-9-16(2,3)10-8-13/h5-6,11,13H,7-10,17H2,1-4H3. The van der Waals surface area contributed by atoms with Crippen LogP contribution >= 0.6 is 0 Å². The topological polar surface area (TPSA) is 29.3 Å². The third kappa shape index (κ3) is 2.80. The molecule has 1 aliphatic carbocycles. The van der Waals surface area contributed by atoms with E-state index >= 15 is 0 Å². The fourth-order valence-electron chi connectivity index (χ4n) is 2.83. The summed E-state index contributed by atoms with van der Waals surface area (Å²) in [5.74, 6) is 0. The Bertz CT molecular complexity index is 413. The lowest BCUT2D eigenvalue weighted by Crippen LogP contribution is -2.37. The second-order valence-corrected chi connectivity index (χ2v) is 6.55. The number of rotatable bonds is 2. The van der Waals surface area contributed by atoms with Crippen LogP contribution in [-0.4, -0.2) is 13.1 Å². The first-order valence-electron chi connectivity index (χ1n) is 6.98.